The van der Waals surface area contributed by atoms with Crippen LogP contribution in [0.4, 0.5) is 0 Å². The van der Waals surface area contributed by atoms with E-state index in [2.05, 4.69) is 54.1 Å². The van der Waals surface area contributed by atoms with E-state index in [1.165, 1.54) is 16.5 Å². The average Bonchev–Trinajstić information content (AvgIpc) is 3.28. The minimum Gasteiger partial charge on any atom is -0.494 e. The van der Waals surface area contributed by atoms with Crippen molar-refractivity contribution in [3.8, 4) is 5.75 Å². The van der Waals surface area contributed by atoms with E-state index < -0.39 is 0 Å². The highest BCUT2D eigenvalue weighted by Crippen LogP contribution is 2.34. The Kier molecular flexibility index (Phi) is 5.12. The van der Waals surface area contributed by atoms with E-state index in [-0.39, 0.29) is 11.9 Å². The molecule has 1 fully saturated rings. The molecule has 4 rings (SSSR count). The number of rotatable bonds is 5. The van der Waals surface area contributed by atoms with Gasteiger partial charge in [-0.05, 0) is 69.0 Å². The van der Waals surface area contributed by atoms with E-state index in [0.29, 0.717) is 13.0 Å². The Labute approximate surface area is 166 Å². The van der Waals surface area contributed by atoms with Crippen LogP contribution in [0.3, 0.4) is 0 Å². The van der Waals surface area contributed by atoms with Crippen molar-refractivity contribution >= 4 is 16.8 Å². The highest BCUT2D eigenvalue weighted by Gasteiger charge is 2.30. The van der Waals surface area contributed by atoms with Crippen molar-refractivity contribution < 1.29 is 9.53 Å². The molecule has 4 heteroatoms. The largest absolute Gasteiger partial charge is 0.494 e. The molecule has 4 nitrogen and oxygen atoms in total. The Morgan fingerprint density at radius 3 is 2.71 bits per heavy atom. The Morgan fingerprint density at radius 2 is 1.96 bits per heavy atom. The number of ether oxygens (including phenoxy) is 1. The van der Waals surface area contributed by atoms with Crippen LogP contribution < -0.4 is 4.74 Å². The summed E-state index contributed by atoms with van der Waals surface area (Å²) in [5.41, 5.74) is 5.73. The van der Waals surface area contributed by atoms with Gasteiger partial charge in [-0.25, -0.2) is 0 Å². The molecule has 1 N–H and O–H groups in total. The van der Waals surface area contributed by atoms with Crippen LogP contribution >= 0.6 is 0 Å². The average molecular weight is 376 g/mol. The second-order valence-electron chi connectivity index (χ2n) is 7.70. The number of amides is 1. The standard InChI is InChI=1S/C24H28N2O2/c1-4-28-19-10-8-18(9-11-19)23-6-5-13-26(23)24(27)15-20-17(3)25-22-12-7-16(2)14-21(20)22/h7-12,14,23,25H,4-6,13,15H2,1-3H3. The Morgan fingerprint density at radius 1 is 1.18 bits per heavy atom. The first-order valence-electron chi connectivity index (χ1n) is 10.2. The number of fused-ring (bicyclic) bond motifs is 1. The van der Waals surface area contributed by atoms with E-state index in [0.717, 1.165) is 41.9 Å². The molecule has 1 aliphatic rings. The fraction of sp³-hybridized carbons (Fsp3) is 0.375. The Bertz CT molecular complexity index is 988. The van der Waals surface area contributed by atoms with Gasteiger partial charge in [-0.1, -0.05) is 23.8 Å². The molecule has 1 atom stereocenters. The van der Waals surface area contributed by atoms with Gasteiger partial charge in [-0.15, -0.1) is 0 Å². The van der Waals surface area contributed by atoms with Crippen LogP contribution in [0.1, 0.15) is 48.2 Å². The van der Waals surface area contributed by atoms with Crippen molar-refractivity contribution in [1.29, 1.82) is 0 Å². The van der Waals surface area contributed by atoms with Crippen LogP contribution in [0.5, 0.6) is 5.75 Å². The number of likely N-dealkylation sites (tertiary alicyclic amines) is 1. The number of H-pyrrole nitrogens is 1. The number of hydrogen-bond acceptors (Lipinski definition) is 2. The van der Waals surface area contributed by atoms with Crippen LogP contribution in [0.2, 0.25) is 0 Å². The van der Waals surface area contributed by atoms with Crippen molar-refractivity contribution in [3.05, 3.63) is 64.8 Å². The van der Waals surface area contributed by atoms with Crippen molar-refractivity contribution in [2.75, 3.05) is 13.2 Å². The topological polar surface area (TPSA) is 45.3 Å². The highest BCUT2D eigenvalue weighted by molar-refractivity contribution is 5.90. The predicted molar refractivity (Wildman–Crippen MR) is 113 cm³/mol. The van der Waals surface area contributed by atoms with E-state index in [1.54, 1.807) is 0 Å². The van der Waals surface area contributed by atoms with Gasteiger partial charge in [0, 0.05) is 23.1 Å². The van der Waals surface area contributed by atoms with Crippen molar-refractivity contribution in [3.63, 3.8) is 0 Å². The summed E-state index contributed by atoms with van der Waals surface area (Å²) in [4.78, 5) is 18.7. The second kappa shape index (κ2) is 7.70. The summed E-state index contributed by atoms with van der Waals surface area (Å²) < 4.78 is 5.55. The highest BCUT2D eigenvalue weighted by atomic mass is 16.5. The predicted octanol–water partition coefficient (Wildman–Crippen LogP) is 5.09. The molecule has 2 aromatic carbocycles. The van der Waals surface area contributed by atoms with Gasteiger partial charge in [0.15, 0.2) is 0 Å². The number of benzene rings is 2. The summed E-state index contributed by atoms with van der Waals surface area (Å²) in [7, 11) is 0. The zero-order chi connectivity index (χ0) is 19.7. The van der Waals surface area contributed by atoms with Gasteiger partial charge < -0.3 is 14.6 Å². The lowest BCUT2D eigenvalue weighted by atomic mass is 10.0. The number of hydrogen-bond donors (Lipinski definition) is 1. The number of nitrogens with zero attached hydrogens (tertiary/aromatic N) is 1. The smallest absolute Gasteiger partial charge is 0.227 e. The summed E-state index contributed by atoms with van der Waals surface area (Å²) in [6, 6.07) is 14.8. The number of aromatic nitrogens is 1. The molecule has 3 aromatic rings. The molecular formula is C24H28N2O2. The van der Waals surface area contributed by atoms with Crippen molar-refractivity contribution in [2.24, 2.45) is 0 Å². The molecule has 1 aromatic heterocycles. The number of carbonyl (C=O) groups excluding carboxylic acids is 1. The van der Waals surface area contributed by atoms with E-state index >= 15 is 0 Å². The molecule has 0 bridgehead atoms. The van der Waals surface area contributed by atoms with Gasteiger partial charge in [0.05, 0.1) is 19.1 Å². The first-order valence-corrected chi connectivity index (χ1v) is 10.2. The number of aromatic amines is 1. The molecule has 0 radical (unpaired) electrons. The number of aryl methyl sites for hydroxylation is 2. The molecule has 28 heavy (non-hydrogen) atoms. The summed E-state index contributed by atoms with van der Waals surface area (Å²) in [6.45, 7) is 7.63. The summed E-state index contributed by atoms with van der Waals surface area (Å²) >= 11 is 0. The molecule has 0 saturated carbocycles. The first kappa shape index (κ1) is 18.6. The molecule has 0 spiro atoms. The van der Waals surface area contributed by atoms with Crippen molar-refractivity contribution in [1.82, 2.24) is 9.88 Å². The molecule has 146 valence electrons. The first-order chi connectivity index (χ1) is 13.6. The Hall–Kier alpha value is -2.75. The minimum absolute atomic E-state index is 0.162. The van der Waals surface area contributed by atoms with E-state index in [1.807, 2.05) is 19.1 Å². The third-order valence-electron chi connectivity index (χ3n) is 5.75. The van der Waals surface area contributed by atoms with Gasteiger partial charge in [0.1, 0.15) is 5.75 Å². The van der Waals surface area contributed by atoms with Crippen molar-refractivity contribution in [2.45, 2.75) is 46.1 Å². The lowest BCUT2D eigenvalue weighted by molar-refractivity contribution is -0.131. The molecule has 1 aliphatic heterocycles. The van der Waals surface area contributed by atoms with Crippen LogP contribution in [0.15, 0.2) is 42.5 Å². The maximum atomic E-state index is 13.2. The quantitative estimate of drug-likeness (QED) is 0.674. The van der Waals surface area contributed by atoms with E-state index in [4.69, 9.17) is 4.74 Å². The van der Waals surface area contributed by atoms with Gasteiger partial charge in [0.25, 0.3) is 0 Å². The lowest BCUT2D eigenvalue weighted by Crippen LogP contribution is -2.32. The second-order valence-corrected chi connectivity index (χ2v) is 7.70. The maximum absolute atomic E-state index is 13.2. The van der Waals surface area contributed by atoms with Crippen LogP contribution in [-0.2, 0) is 11.2 Å². The van der Waals surface area contributed by atoms with E-state index in [9.17, 15) is 4.79 Å². The summed E-state index contributed by atoms with van der Waals surface area (Å²) in [5.74, 6) is 1.09. The lowest BCUT2D eigenvalue weighted by Gasteiger charge is -2.25. The molecule has 1 unspecified atom stereocenters. The fourth-order valence-electron chi connectivity index (χ4n) is 4.34. The monoisotopic (exact) mass is 376 g/mol. The van der Waals surface area contributed by atoms with Crippen LogP contribution in [0, 0.1) is 13.8 Å². The molecule has 1 saturated heterocycles. The zero-order valence-corrected chi connectivity index (χ0v) is 16.9. The molecular weight excluding hydrogens is 348 g/mol. The zero-order valence-electron chi connectivity index (χ0n) is 16.9. The molecule has 0 aliphatic carbocycles. The maximum Gasteiger partial charge on any atom is 0.227 e. The third kappa shape index (κ3) is 3.51. The SMILES string of the molecule is CCOc1ccc(C2CCCN2C(=O)Cc2c(C)[nH]c3ccc(C)cc23)cc1. The number of carbonyl (C=O) groups is 1. The normalized spacial score (nSPS) is 16.7. The summed E-state index contributed by atoms with van der Waals surface area (Å²) in [5, 5.41) is 1.17. The molecule has 1 amide bonds. The minimum atomic E-state index is 0.162. The third-order valence-corrected chi connectivity index (χ3v) is 5.75. The fourth-order valence-corrected chi connectivity index (χ4v) is 4.34. The van der Waals surface area contributed by atoms with Crippen LogP contribution in [0.25, 0.3) is 10.9 Å². The van der Waals surface area contributed by atoms with Crippen LogP contribution in [-0.4, -0.2) is 28.9 Å². The van der Waals surface area contributed by atoms with Gasteiger partial charge in [-0.2, -0.15) is 0 Å². The molecule has 2 heterocycles. The van der Waals surface area contributed by atoms with Gasteiger partial charge in [-0.3, -0.25) is 4.79 Å². The van der Waals surface area contributed by atoms with Gasteiger partial charge >= 0.3 is 0 Å². The number of nitrogens with one attached hydrogen (secondary N) is 1. The Balaban J connectivity index is 1.56. The summed E-state index contributed by atoms with van der Waals surface area (Å²) in [6.07, 6.45) is 2.52. The van der Waals surface area contributed by atoms with Gasteiger partial charge in [0.2, 0.25) is 5.91 Å².